The van der Waals surface area contributed by atoms with E-state index in [1.165, 1.54) is 5.39 Å². The molecule has 0 spiro atoms. The third-order valence-corrected chi connectivity index (χ3v) is 5.39. The molecule has 3 aliphatic rings. The lowest BCUT2D eigenvalue weighted by Crippen LogP contribution is -2.52. The predicted molar refractivity (Wildman–Crippen MR) is 79.3 cm³/mol. The van der Waals surface area contributed by atoms with Crippen LogP contribution in [0.25, 0.3) is 10.8 Å². The zero-order valence-electron chi connectivity index (χ0n) is 11.5. The minimum absolute atomic E-state index is 0.00587. The number of rotatable bonds is 1. The van der Waals surface area contributed by atoms with Gasteiger partial charge >= 0.3 is 0 Å². The highest BCUT2D eigenvalue weighted by atomic mass is 16.3. The molecule has 0 aliphatic heterocycles. The molecule has 0 unspecified atom stereocenters. The first-order valence-electron chi connectivity index (χ1n) is 7.56. The van der Waals surface area contributed by atoms with Crippen LogP contribution >= 0.6 is 0 Å². The average molecular weight is 268 g/mol. The van der Waals surface area contributed by atoms with Gasteiger partial charge in [0.05, 0.1) is 11.7 Å². The molecule has 3 aliphatic carbocycles. The van der Waals surface area contributed by atoms with Gasteiger partial charge in [-0.1, -0.05) is 36.4 Å². The topological polar surface area (TPSA) is 40.5 Å². The van der Waals surface area contributed by atoms with Crippen LogP contribution in [0.15, 0.2) is 42.5 Å². The van der Waals surface area contributed by atoms with Crippen molar-refractivity contribution in [3.63, 3.8) is 0 Å². The third-order valence-electron chi connectivity index (χ3n) is 5.39. The Morgan fingerprint density at radius 2 is 1.80 bits per heavy atom. The number of hydrogen-bond acceptors (Lipinski definition) is 2. The largest absolute Gasteiger partial charge is 0.393 e. The summed E-state index contributed by atoms with van der Waals surface area (Å²) >= 11 is 0. The van der Waals surface area contributed by atoms with Gasteiger partial charge in [-0.25, -0.2) is 0 Å². The van der Waals surface area contributed by atoms with E-state index >= 15 is 0 Å². The first-order valence-corrected chi connectivity index (χ1v) is 7.56. The van der Waals surface area contributed by atoms with Crippen molar-refractivity contribution in [2.45, 2.75) is 37.4 Å². The van der Waals surface area contributed by atoms with Crippen LogP contribution in [0.2, 0.25) is 0 Å². The van der Waals surface area contributed by atoms with Gasteiger partial charge in [0.2, 0.25) is 0 Å². The second-order valence-corrected chi connectivity index (χ2v) is 6.54. The highest BCUT2D eigenvalue weighted by Gasteiger charge is 2.51. The summed E-state index contributed by atoms with van der Waals surface area (Å²) in [6, 6.07) is 14.4. The Hall–Kier alpha value is -1.38. The van der Waals surface area contributed by atoms with E-state index in [4.69, 9.17) is 0 Å². The van der Waals surface area contributed by atoms with E-state index in [1.54, 1.807) is 0 Å². The summed E-state index contributed by atoms with van der Waals surface area (Å²) in [7, 11) is 0. The van der Waals surface area contributed by atoms with Crippen molar-refractivity contribution in [3.05, 3.63) is 48.0 Å². The maximum Gasteiger partial charge on any atom is 0.0952 e. The third kappa shape index (κ3) is 1.72. The molecular weight excluding hydrogens is 248 g/mol. The van der Waals surface area contributed by atoms with Gasteiger partial charge in [0, 0.05) is 5.92 Å². The fourth-order valence-corrected chi connectivity index (χ4v) is 4.36. The summed E-state index contributed by atoms with van der Waals surface area (Å²) < 4.78 is 0. The zero-order chi connectivity index (χ0) is 13.7. The van der Waals surface area contributed by atoms with Crippen LogP contribution in [0.3, 0.4) is 0 Å². The number of hydrogen-bond donors (Lipinski definition) is 2. The van der Waals surface area contributed by atoms with Crippen LogP contribution in [0, 0.1) is 11.8 Å². The lowest BCUT2D eigenvalue weighted by atomic mass is 9.58. The van der Waals surface area contributed by atoms with E-state index in [0.717, 1.165) is 36.6 Å². The van der Waals surface area contributed by atoms with Crippen LogP contribution < -0.4 is 0 Å². The minimum atomic E-state index is -0.843. The number of fused-ring (bicyclic) bond motifs is 4. The average Bonchev–Trinajstić information content (AvgIpc) is 2.46. The Labute approximate surface area is 119 Å². The van der Waals surface area contributed by atoms with E-state index in [2.05, 4.69) is 24.3 Å². The summed E-state index contributed by atoms with van der Waals surface area (Å²) in [6.45, 7) is 0. The summed E-state index contributed by atoms with van der Waals surface area (Å²) in [5, 5.41) is 23.8. The van der Waals surface area contributed by atoms with Crippen molar-refractivity contribution < 1.29 is 10.2 Å². The SMILES string of the molecule is O[C@H]1C[C@@H]2CC[C@H]1[C@@](O)(c1ccc3ccccc3c1)C2. The summed E-state index contributed by atoms with van der Waals surface area (Å²) in [5.41, 5.74) is 0.134. The summed E-state index contributed by atoms with van der Waals surface area (Å²) in [6.07, 6.45) is 3.40. The number of aliphatic hydroxyl groups is 2. The highest BCUT2D eigenvalue weighted by Crippen LogP contribution is 2.52. The predicted octanol–water partition coefficient (Wildman–Crippen LogP) is 3.21. The van der Waals surface area contributed by atoms with Crippen molar-refractivity contribution in [2.24, 2.45) is 11.8 Å². The lowest BCUT2D eigenvalue weighted by molar-refractivity contribution is -0.157. The lowest BCUT2D eigenvalue weighted by Gasteiger charge is -2.51. The maximum absolute atomic E-state index is 11.2. The molecule has 2 aromatic rings. The van der Waals surface area contributed by atoms with Crippen LogP contribution in [0.1, 0.15) is 31.2 Å². The van der Waals surface area contributed by atoms with Crippen molar-refractivity contribution >= 4 is 10.8 Å². The molecule has 0 heterocycles. The molecule has 2 bridgehead atoms. The molecule has 2 heteroatoms. The molecular formula is C18H20O2. The summed E-state index contributed by atoms with van der Waals surface area (Å²) in [4.78, 5) is 0. The van der Waals surface area contributed by atoms with E-state index in [1.807, 2.05) is 18.2 Å². The molecule has 4 atom stereocenters. The Morgan fingerprint density at radius 3 is 2.55 bits per heavy atom. The van der Waals surface area contributed by atoms with Gasteiger partial charge in [0.1, 0.15) is 0 Å². The number of aliphatic hydroxyl groups excluding tert-OH is 1. The minimum Gasteiger partial charge on any atom is -0.393 e. The quantitative estimate of drug-likeness (QED) is 0.833. The Balaban J connectivity index is 1.81. The zero-order valence-corrected chi connectivity index (χ0v) is 11.5. The summed E-state index contributed by atoms with van der Waals surface area (Å²) in [5.74, 6) is 0.458. The first-order chi connectivity index (χ1) is 9.67. The molecule has 3 saturated carbocycles. The second kappa shape index (κ2) is 4.31. The van der Waals surface area contributed by atoms with E-state index < -0.39 is 5.60 Å². The van der Waals surface area contributed by atoms with Gasteiger partial charge in [-0.15, -0.1) is 0 Å². The second-order valence-electron chi connectivity index (χ2n) is 6.54. The van der Waals surface area contributed by atoms with Crippen LogP contribution in [-0.2, 0) is 5.60 Å². The van der Waals surface area contributed by atoms with Crippen molar-refractivity contribution in [1.82, 2.24) is 0 Å². The Morgan fingerprint density at radius 1 is 1.00 bits per heavy atom. The fraction of sp³-hybridized carbons (Fsp3) is 0.444. The van der Waals surface area contributed by atoms with Crippen molar-refractivity contribution in [1.29, 1.82) is 0 Å². The van der Waals surface area contributed by atoms with Gasteiger partial charge < -0.3 is 10.2 Å². The molecule has 0 amide bonds. The molecule has 2 aromatic carbocycles. The van der Waals surface area contributed by atoms with Gasteiger partial charge in [0.15, 0.2) is 0 Å². The Bertz CT molecular complexity index is 651. The van der Waals surface area contributed by atoms with Crippen molar-refractivity contribution in [3.8, 4) is 0 Å². The normalized spacial score (nSPS) is 36.4. The van der Waals surface area contributed by atoms with Crippen LogP contribution in [0.4, 0.5) is 0 Å². The van der Waals surface area contributed by atoms with Gasteiger partial charge in [-0.3, -0.25) is 0 Å². The van der Waals surface area contributed by atoms with E-state index in [9.17, 15) is 10.2 Å². The molecule has 0 radical (unpaired) electrons. The van der Waals surface area contributed by atoms with Gasteiger partial charge in [-0.05, 0) is 54.0 Å². The first kappa shape index (κ1) is 12.4. The molecule has 0 aromatic heterocycles. The molecule has 20 heavy (non-hydrogen) atoms. The van der Waals surface area contributed by atoms with Crippen molar-refractivity contribution in [2.75, 3.05) is 0 Å². The van der Waals surface area contributed by atoms with Gasteiger partial charge in [0.25, 0.3) is 0 Å². The fourth-order valence-electron chi connectivity index (χ4n) is 4.36. The number of benzene rings is 2. The van der Waals surface area contributed by atoms with Gasteiger partial charge in [-0.2, -0.15) is 0 Å². The molecule has 104 valence electrons. The molecule has 5 rings (SSSR count). The molecule has 2 N–H and O–H groups in total. The maximum atomic E-state index is 11.2. The molecule has 3 fully saturated rings. The van der Waals surface area contributed by atoms with Crippen LogP contribution in [-0.4, -0.2) is 16.3 Å². The molecule has 2 nitrogen and oxygen atoms in total. The Kier molecular flexibility index (Phi) is 2.66. The highest BCUT2D eigenvalue weighted by molar-refractivity contribution is 5.83. The smallest absolute Gasteiger partial charge is 0.0952 e. The van der Waals surface area contributed by atoms with E-state index in [-0.39, 0.29) is 12.0 Å². The van der Waals surface area contributed by atoms with Crippen LogP contribution in [0.5, 0.6) is 0 Å². The van der Waals surface area contributed by atoms with E-state index in [0.29, 0.717) is 5.92 Å². The molecule has 0 saturated heterocycles. The standard InChI is InChI=1S/C18H20O2/c19-17-9-12-5-8-16(17)18(20,11-12)15-7-6-13-3-1-2-4-14(13)10-15/h1-4,6-7,10,12,16-17,19-20H,5,8-9,11H2/t12-,16+,17-,18-/m0/s1. The monoisotopic (exact) mass is 268 g/mol.